The summed E-state index contributed by atoms with van der Waals surface area (Å²) in [5, 5.41) is 18.4. The number of rotatable bonds is 6. The van der Waals surface area contributed by atoms with Gasteiger partial charge in [-0.25, -0.2) is 4.79 Å². The van der Waals surface area contributed by atoms with E-state index in [4.69, 9.17) is 5.26 Å². The molecule has 5 aromatic rings. The van der Waals surface area contributed by atoms with Gasteiger partial charge >= 0.3 is 5.97 Å². The number of nitrogens with zero attached hydrogens (tertiary/aromatic N) is 2. The van der Waals surface area contributed by atoms with Crippen molar-refractivity contribution in [2.75, 3.05) is 4.90 Å². The lowest BCUT2D eigenvalue weighted by Gasteiger charge is -2.26. The van der Waals surface area contributed by atoms with Gasteiger partial charge in [0.15, 0.2) is 0 Å². The van der Waals surface area contributed by atoms with Crippen molar-refractivity contribution in [1.29, 1.82) is 5.26 Å². The molecule has 1 aliphatic rings. The van der Waals surface area contributed by atoms with Gasteiger partial charge in [-0.3, -0.25) is 0 Å². The Labute approximate surface area is 251 Å². The van der Waals surface area contributed by atoms with Crippen molar-refractivity contribution in [3.63, 3.8) is 0 Å². The first-order valence-corrected chi connectivity index (χ1v) is 14.0. The molecule has 1 aliphatic carbocycles. The average Bonchev–Trinajstić information content (AvgIpc) is 3.19. The molecule has 0 radical (unpaired) electrons. The molecule has 0 saturated heterocycles. The molecule has 6 rings (SSSR count). The summed E-state index contributed by atoms with van der Waals surface area (Å²) in [6.07, 6.45) is 7.99. The van der Waals surface area contributed by atoms with Crippen LogP contribution in [0.5, 0.6) is 0 Å². The van der Waals surface area contributed by atoms with E-state index >= 15 is 0 Å². The third kappa shape index (κ3) is 5.79. The van der Waals surface area contributed by atoms with E-state index in [2.05, 4.69) is 127 Å². The van der Waals surface area contributed by atoms with Crippen molar-refractivity contribution in [2.45, 2.75) is 6.92 Å². The predicted molar refractivity (Wildman–Crippen MR) is 176 cm³/mol. The number of fused-ring (bicyclic) bond motifs is 2. The highest BCUT2D eigenvalue weighted by Gasteiger charge is 2.16. The maximum atomic E-state index is 11.3. The Kier molecular flexibility index (Phi) is 7.54. The van der Waals surface area contributed by atoms with E-state index in [1.165, 1.54) is 39.5 Å². The molecule has 1 N–H and O–H groups in total. The monoisotopic (exact) mass is 556 g/mol. The lowest BCUT2D eigenvalue weighted by atomic mass is 9.92. The maximum absolute atomic E-state index is 11.3. The van der Waals surface area contributed by atoms with E-state index in [-0.39, 0.29) is 5.57 Å². The highest BCUT2D eigenvalue weighted by Crippen LogP contribution is 2.37. The summed E-state index contributed by atoms with van der Waals surface area (Å²) in [7, 11) is 0. The number of carboxylic acid groups (broad SMARTS) is 1. The first kappa shape index (κ1) is 27.3. The van der Waals surface area contributed by atoms with Gasteiger partial charge in [-0.15, -0.1) is 0 Å². The van der Waals surface area contributed by atoms with E-state index < -0.39 is 5.97 Å². The fourth-order valence-electron chi connectivity index (χ4n) is 5.31. The second-order valence-electron chi connectivity index (χ2n) is 10.4. The number of carboxylic acids is 1. The molecule has 0 aliphatic heterocycles. The Morgan fingerprint density at radius 2 is 1.14 bits per heavy atom. The van der Waals surface area contributed by atoms with E-state index in [9.17, 15) is 9.90 Å². The van der Waals surface area contributed by atoms with Crippen LogP contribution in [-0.4, -0.2) is 11.1 Å². The van der Waals surface area contributed by atoms with Gasteiger partial charge in [0.1, 0.15) is 11.6 Å². The van der Waals surface area contributed by atoms with Crippen LogP contribution in [0.25, 0.3) is 29.9 Å². The minimum absolute atomic E-state index is 0.303. The molecule has 43 heavy (non-hydrogen) atoms. The quantitative estimate of drug-likeness (QED) is 0.164. The number of anilines is 3. The zero-order chi connectivity index (χ0) is 29.8. The number of nitriles is 1. The van der Waals surface area contributed by atoms with Gasteiger partial charge in [0.2, 0.25) is 0 Å². The normalized spacial score (nSPS) is 12.0. The van der Waals surface area contributed by atoms with E-state index in [0.717, 1.165) is 22.6 Å². The van der Waals surface area contributed by atoms with Crippen LogP contribution in [0, 0.1) is 18.3 Å². The summed E-state index contributed by atoms with van der Waals surface area (Å²) in [6.45, 7) is 2.06. The molecule has 0 amide bonds. The fourth-order valence-corrected chi connectivity index (χ4v) is 5.31. The molecule has 4 nitrogen and oxygen atoms in total. The van der Waals surface area contributed by atoms with Crippen LogP contribution in [0.4, 0.5) is 17.1 Å². The summed E-state index contributed by atoms with van der Waals surface area (Å²) in [5.74, 6) is -1.24. The number of hydrogen-bond donors (Lipinski definition) is 1. The molecule has 0 saturated carbocycles. The molecule has 0 bridgehead atoms. The topological polar surface area (TPSA) is 64.3 Å². The van der Waals surface area contributed by atoms with Gasteiger partial charge < -0.3 is 10.0 Å². The Hall–Kier alpha value is -5.92. The average molecular weight is 557 g/mol. The van der Waals surface area contributed by atoms with Crippen molar-refractivity contribution < 1.29 is 9.90 Å². The van der Waals surface area contributed by atoms with Gasteiger partial charge in [-0.2, -0.15) is 5.26 Å². The summed E-state index contributed by atoms with van der Waals surface area (Å²) < 4.78 is 0. The Morgan fingerprint density at radius 1 is 0.674 bits per heavy atom. The minimum atomic E-state index is -1.24. The van der Waals surface area contributed by atoms with E-state index in [1.807, 2.05) is 24.3 Å². The third-order valence-electron chi connectivity index (χ3n) is 7.51. The van der Waals surface area contributed by atoms with Crippen molar-refractivity contribution in [2.24, 2.45) is 0 Å². The van der Waals surface area contributed by atoms with Crippen LogP contribution >= 0.6 is 0 Å². The molecule has 0 unspecified atom stereocenters. The Bertz CT molecular complexity index is 1890. The highest BCUT2D eigenvalue weighted by atomic mass is 16.4. The standard InChI is InChI=1S/C39H28N2O2/c1-27-10-18-33(19-11-27)41(34-20-12-28(13-21-34)24-32(26-40)39(42)43)35-22-14-29(15-23-35)25-38-36-8-4-2-6-30(36)16-17-31-7-3-5-9-37(31)38/h2-25H,1H3,(H,42,43)/b32-24-. The molecular formula is C39H28N2O2. The lowest BCUT2D eigenvalue weighted by molar-refractivity contribution is -0.132. The molecule has 4 heteroatoms. The van der Waals surface area contributed by atoms with E-state index in [0.29, 0.717) is 5.56 Å². The summed E-state index contributed by atoms with van der Waals surface area (Å²) in [4.78, 5) is 13.5. The fraction of sp³-hybridized carbons (Fsp3) is 0.0256. The molecule has 0 aromatic heterocycles. The van der Waals surface area contributed by atoms with Crippen molar-refractivity contribution in [1.82, 2.24) is 0 Å². The molecule has 0 spiro atoms. The summed E-state index contributed by atoms with van der Waals surface area (Å²) >= 11 is 0. The number of benzene rings is 5. The van der Waals surface area contributed by atoms with Crippen LogP contribution in [0.2, 0.25) is 0 Å². The van der Waals surface area contributed by atoms with Crippen LogP contribution in [0.1, 0.15) is 38.9 Å². The zero-order valence-electron chi connectivity index (χ0n) is 23.6. The number of carbonyl (C=O) groups is 1. The third-order valence-corrected chi connectivity index (χ3v) is 7.51. The van der Waals surface area contributed by atoms with Crippen LogP contribution in [0.15, 0.2) is 127 Å². The summed E-state index contributed by atoms with van der Waals surface area (Å²) in [5.41, 5.74) is 11.5. The minimum Gasteiger partial charge on any atom is -0.477 e. The van der Waals surface area contributed by atoms with Crippen molar-refractivity contribution in [3.8, 4) is 6.07 Å². The smallest absolute Gasteiger partial charge is 0.346 e. The number of hydrogen-bond acceptors (Lipinski definition) is 3. The zero-order valence-corrected chi connectivity index (χ0v) is 23.6. The number of aryl methyl sites for hydroxylation is 1. The van der Waals surface area contributed by atoms with Crippen LogP contribution in [-0.2, 0) is 4.79 Å². The predicted octanol–water partition coefficient (Wildman–Crippen LogP) is 9.53. The Morgan fingerprint density at radius 3 is 1.63 bits per heavy atom. The molecular weight excluding hydrogens is 528 g/mol. The first-order valence-electron chi connectivity index (χ1n) is 14.0. The highest BCUT2D eigenvalue weighted by molar-refractivity contribution is 6.00. The van der Waals surface area contributed by atoms with Crippen molar-refractivity contribution >= 4 is 52.9 Å². The van der Waals surface area contributed by atoms with Crippen LogP contribution < -0.4 is 4.90 Å². The van der Waals surface area contributed by atoms with Gasteiger partial charge in [-0.05, 0) is 94.4 Å². The molecule has 0 heterocycles. The second kappa shape index (κ2) is 11.9. The second-order valence-corrected chi connectivity index (χ2v) is 10.4. The molecule has 0 fully saturated rings. The SMILES string of the molecule is Cc1ccc(N(c2ccc(C=C3c4ccccc4C=Cc4ccccc43)cc2)c2ccc(/C=C(/C#N)C(=O)O)cc2)cc1. The van der Waals surface area contributed by atoms with Gasteiger partial charge in [-0.1, -0.05) is 103 Å². The maximum Gasteiger partial charge on any atom is 0.346 e. The lowest BCUT2D eigenvalue weighted by Crippen LogP contribution is -2.09. The van der Waals surface area contributed by atoms with Gasteiger partial charge in [0.05, 0.1) is 0 Å². The van der Waals surface area contributed by atoms with Gasteiger partial charge in [0, 0.05) is 17.1 Å². The van der Waals surface area contributed by atoms with Crippen molar-refractivity contribution in [3.05, 3.63) is 166 Å². The van der Waals surface area contributed by atoms with Gasteiger partial charge in [0.25, 0.3) is 0 Å². The van der Waals surface area contributed by atoms with E-state index in [1.54, 1.807) is 6.07 Å². The largest absolute Gasteiger partial charge is 0.477 e. The molecule has 5 aromatic carbocycles. The number of aliphatic carboxylic acids is 1. The first-order chi connectivity index (χ1) is 21.0. The Balaban J connectivity index is 1.39. The molecule has 0 atom stereocenters. The van der Waals surface area contributed by atoms with Crippen LogP contribution in [0.3, 0.4) is 0 Å². The summed E-state index contributed by atoms with van der Waals surface area (Å²) in [6, 6.07) is 43.1. The molecule has 206 valence electrons.